The number of ketones is 1. The molecule has 0 saturated heterocycles. The standard InChI is InChI=1S/C19H17BrO4/c20-16-5-2-6-17(10-16)23-12-19(22)24-11-18(21)15-8-7-13-3-1-4-14(13)9-15/h2,5-10H,1,3-4,11-12H2. The zero-order chi connectivity index (χ0) is 16.9. The summed E-state index contributed by atoms with van der Waals surface area (Å²) in [6.45, 7) is -0.493. The lowest BCUT2D eigenvalue weighted by atomic mass is 10.0. The Bertz CT molecular complexity index is 770. The van der Waals surface area contributed by atoms with E-state index in [1.807, 2.05) is 24.3 Å². The van der Waals surface area contributed by atoms with Crippen molar-refractivity contribution in [2.45, 2.75) is 19.3 Å². The number of fused-ring (bicyclic) bond motifs is 1. The summed E-state index contributed by atoms with van der Waals surface area (Å²) in [5.41, 5.74) is 3.13. The van der Waals surface area contributed by atoms with Crippen LogP contribution in [-0.2, 0) is 22.4 Å². The van der Waals surface area contributed by atoms with Crippen LogP contribution in [0.4, 0.5) is 0 Å². The van der Waals surface area contributed by atoms with Crippen LogP contribution in [0, 0.1) is 0 Å². The van der Waals surface area contributed by atoms with E-state index in [9.17, 15) is 9.59 Å². The average molecular weight is 389 g/mol. The maximum Gasteiger partial charge on any atom is 0.344 e. The lowest BCUT2D eigenvalue weighted by molar-refractivity contribution is -0.144. The van der Waals surface area contributed by atoms with Crippen LogP contribution in [0.2, 0.25) is 0 Å². The summed E-state index contributed by atoms with van der Waals surface area (Å²) in [4.78, 5) is 23.9. The maximum atomic E-state index is 12.1. The number of esters is 1. The van der Waals surface area contributed by atoms with Gasteiger partial charge in [-0.2, -0.15) is 0 Å². The molecule has 5 heteroatoms. The Morgan fingerprint density at radius 2 is 1.83 bits per heavy atom. The van der Waals surface area contributed by atoms with E-state index in [2.05, 4.69) is 15.9 Å². The van der Waals surface area contributed by atoms with E-state index in [1.165, 1.54) is 11.1 Å². The van der Waals surface area contributed by atoms with Crippen molar-refractivity contribution >= 4 is 27.7 Å². The van der Waals surface area contributed by atoms with Gasteiger partial charge in [0.1, 0.15) is 5.75 Å². The first kappa shape index (κ1) is 16.7. The van der Waals surface area contributed by atoms with Crippen molar-refractivity contribution in [3.63, 3.8) is 0 Å². The topological polar surface area (TPSA) is 52.6 Å². The van der Waals surface area contributed by atoms with Crippen LogP contribution in [0.15, 0.2) is 46.9 Å². The third kappa shape index (κ3) is 4.23. The van der Waals surface area contributed by atoms with Crippen molar-refractivity contribution in [1.29, 1.82) is 0 Å². The van der Waals surface area contributed by atoms with Gasteiger partial charge in [-0.15, -0.1) is 0 Å². The molecule has 0 amide bonds. The van der Waals surface area contributed by atoms with Crippen LogP contribution in [-0.4, -0.2) is 25.0 Å². The van der Waals surface area contributed by atoms with Gasteiger partial charge < -0.3 is 9.47 Å². The van der Waals surface area contributed by atoms with Gasteiger partial charge in [0.25, 0.3) is 0 Å². The molecule has 0 radical (unpaired) electrons. The highest BCUT2D eigenvalue weighted by atomic mass is 79.9. The Labute approximate surface area is 148 Å². The number of benzene rings is 2. The van der Waals surface area contributed by atoms with E-state index < -0.39 is 5.97 Å². The molecule has 0 heterocycles. The van der Waals surface area contributed by atoms with Gasteiger partial charge in [0, 0.05) is 10.0 Å². The van der Waals surface area contributed by atoms with Crippen LogP contribution >= 0.6 is 15.9 Å². The Balaban J connectivity index is 1.48. The smallest absolute Gasteiger partial charge is 0.344 e. The summed E-state index contributed by atoms with van der Waals surface area (Å²) < 4.78 is 11.2. The first-order chi connectivity index (χ1) is 11.6. The summed E-state index contributed by atoms with van der Waals surface area (Å²) in [7, 11) is 0. The quantitative estimate of drug-likeness (QED) is 0.558. The Morgan fingerprint density at radius 3 is 2.67 bits per heavy atom. The summed E-state index contributed by atoms with van der Waals surface area (Å²) in [6, 6.07) is 12.9. The normalized spacial score (nSPS) is 12.5. The van der Waals surface area contributed by atoms with E-state index in [4.69, 9.17) is 9.47 Å². The van der Waals surface area contributed by atoms with Gasteiger partial charge in [-0.3, -0.25) is 4.79 Å². The molecule has 0 spiro atoms. The number of hydrogen-bond acceptors (Lipinski definition) is 4. The van der Waals surface area contributed by atoms with Gasteiger partial charge >= 0.3 is 5.97 Å². The largest absolute Gasteiger partial charge is 0.482 e. The van der Waals surface area contributed by atoms with Crippen LogP contribution in [0.1, 0.15) is 27.9 Å². The molecule has 2 aromatic carbocycles. The second-order valence-electron chi connectivity index (χ2n) is 5.67. The van der Waals surface area contributed by atoms with Crippen molar-refractivity contribution in [2.75, 3.05) is 13.2 Å². The third-order valence-corrected chi connectivity index (χ3v) is 4.43. The number of carbonyl (C=O) groups is 2. The van der Waals surface area contributed by atoms with Crippen molar-refractivity contribution in [2.24, 2.45) is 0 Å². The highest BCUT2D eigenvalue weighted by Crippen LogP contribution is 2.23. The van der Waals surface area contributed by atoms with Gasteiger partial charge in [0.2, 0.25) is 0 Å². The SMILES string of the molecule is O=C(COc1cccc(Br)c1)OCC(=O)c1ccc2c(c1)CCC2. The number of rotatable bonds is 6. The van der Waals surface area contributed by atoms with Crippen molar-refractivity contribution in [3.8, 4) is 5.75 Å². The molecule has 0 atom stereocenters. The fourth-order valence-electron chi connectivity index (χ4n) is 2.72. The number of halogens is 1. The van der Waals surface area contributed by atoms with Gasteiger partial charge in [-0.05, 0) is 54.7 Å². The molecular formula is C19H17BrO4. The molecule has 1 aliphatic carbocycles. The number of ether oxygens (including phenoxy) is 2. The van der Waals surface area contributed by atoms with Gasteiger partial charge in [-0.1, -0.05) is 34.1 Å². The zero-order valence-corrected chi connectivity index (χ0v) is 14.7. The minimum atomic E-state index is -0.565. The molecule has 0 fully saturated rings. The molecule has 0 saturated carbocycles. The predicted octanol–water partition coefficient (Wildman–Crippen LogP) is 3.74. The van der Waals surface area contributed by atoms with Crippen LogP contribution in [0.3, 0.4) is 0 Å². The molecule has 24 heavy (non-hydrogen) atoms. The van der Waals surface area contributed by atoms with Gasteiger partial charge in [0.15, 0.2) is 19.0 Å². The Morgan fingerprint density at radius 1 is 1.00 bits per heavy atom. The van der Waals surface area contributed by atoms with E-state index in [1.54, 1.807) is 18.2 Å². The van der Waals surface area contributed by atoms with E-state index >= 15 is 0 Å². The Hall–Kier alpha value is -2.14. The molecule has 0 aliphatic heterocycles. The van der Waals surface area contributed by atoms with Crippen molar-refractivity contribution < 1.29 is 19.1 Å². The molecule has 2 aromatic rings. The monoisotopic (exact) mass is 388 g/mol. The van der Waals surface area contributed by atoms with Gasteiger partial charge in [-0.25, -0.2) is 4.79 Å². The maximum absolute atomic E-state index is 12.1. The molecule has 124 valence electrons. The first-order valence-corrected chi connectivity index (χ1v) is 8.60. The fraction of sp³-hybridized carbons (Fsp3) is 0.263. The molecule has 0 aromatic heterocycles. The number of carbonyl (C=O) groups excluding carboxylic acids is 2. The molecule has 0 N–H and O–H groups in total. The second-order valence-corrected chi connectivity index (χ2v) is 6.58. The average Bonchev–Trinajstić information content (AvgIpc) is 3.05. The lowest BCUT2D eigenvalue weighted by Crippen LogP contribution is -2.19. The highest BCUT2D eigenvalue weighted by Gasteiger charge is 2.15. The first-order valence-electron chi connectivity index (χ1n) is 7.81. The predicted molar refractivity (Wildman–Crippen MR) is 93.4 cm³/mol. The number of aryl methyl sites for hydroxylation is 2. The zero-order valence-electron chi connectivity index (χ0n) is 13.1. The van der Waals surface area contributed by atoms with E-state index in [-0.39, 0.29) is 19.0 Å². The summed E-state index contributed by atoms with van der Waals surface area (Å²) >= 11 is 3.33. The minimum Gasteiger partial charge on any atom is -0.482 e. The third-order valence-electron chi connectivity index (χ3n) is 3.94. The number of Topliss-reactive ketones (excluding diaryl/α,β-unsaturated/α-hetero) is 1. The summed E-state index contributed by atoms with van der Waals surface area (Å²) in [5, 5.41) is 0. The Kier molecular flexibility index (Phi) is 5.30. The fourth-order valence-corrected chi connectivity index (χ4v) is 3.09. The second kappa shape index (κ2) is 7.62. The highest BCUT2D eigenvalue weighted by molar-refractivity contribution is 9.10. The van der Waals surface area contributed by atoms with Crippen LogP contribution in [0.25, 0.3) is 0 Å². The summed E-state index contributed by atoms with van der Waals surface area (Å²) in [5.74, 6) is -0.198. The molecule has 0 bridgehead atoms. The number of hydrogen-bond donors (Lipinski definition) is 0. The van der Waals surface area contributed by atoms with Crippen molar-refractivity contribution in [3.05, 3.63) is 63.6 Å². The van der Waals surface area contributed by atoms with Crippen LogP contribution in [0.5, 0.6) is 5.75 Å². The molecule has 4 nitrogen and oxygen atoms in total. The molecule has 1 aliphatic rings. The molecule has 0 unspecified atom stereocenters. The van der Waals surface area contributed by atoms with Gasteiger partial charge in [0.05, 0.1) is 0 Å². The van der Waals surface area contributed by atoms with E-state index in [0.29, 0.717) is 11.3 Å². The lowest BCUT2D eigenvalue weighted by Gasteiger charge is -2.08. The summed E-state index contributed by atoms with van der Waals surface area (Å²) in [6.07, 6.45) is 3.22. The van der Waals surface area contributed by atoms with Crippen LogP contribution < -0.4 is 4.74 Å². The molecule has 3 rings (SSSR count). The van der Waals surface area contributed by atoms with E-state index in [0.717, 1.165) is 23.7 Å². The van der Waals surface area contributed by atoms with Crippen molar-refractivity contribution in [1.82, 2.24) is 0 Å². The molecular weight excluding hydrogens is 372 g/mol. The minimum absolute atomic E-state index is 0.194.